The summed E-state index contributed by atoms with van der Waals surface area (Å²) < 4.78 is 36.5. The lowest BCUT2D eigenvalue weighted by Crippen LogP contribution is -2.19. The smallest absolute Gasteiger partial charge is 0.175 e. The number of hydrogen-bond acceptors (Lipinski definition) is 4. The lowest BCUT2D eigenvalue weighted by molar-refractivity contribution is 0.483. The quantitative estimate of drug-likeness (QED) is 0.823. The van der Waals surface area contributed by atoms with Gasteiger partial charge in [-0.25, -0.2) is 12.8 Å². The number of benzene rings is 2. The summed E-state index contributed by atoms with van der Waals surface area (Å²) in [7, 11) is -1.21. The van der Waals surface area contributed by atoms with E-state index in [-0.39, 0.29) is 11.2 Å². The van der Waals surface area contributed by atoms with Crippen molar-refractivity contribution in [3.05, 3.63) is 65.5 Å². The fraction of sp³-hybridized carbons (Fsp3) is 0.222. The lowest BCUT2D eigenvalue weighted by atomic mass is 10.1. The number of nitrogens with zero attached hydrogens (tertiary/aromatic N) is 1. The molecule has 0 bridgehead atoms. The van der Waals surface area contributed by atoms with Gasteiger partial charge in [0.1, 0.15) is 5.82 Å². The normalized spacial score (nSPS) is 18.3. The van der Waals surface area contributed by atoms with Crippen molar-refractivity contribution in [2.45, 2.75) is 17.2 Å². The molecule has 2 aromatic rings. The largest absolute Gasteiger partial charge is 0.361 e. The molecule has 1 aliphatic rings. The zero-order valence-corrected chi connectivity index (χ0v) is 15.3. The summed E-state index contributed by atoms with van der Waals surface area (Å²) in [6.45, 7) is 2.10. The van der Waals surface area contributed by atoms with Crippen LogP contribution in [0.4, 0.5) is 4.39 Å². The first-order chi connectivity index (χ1) is 11.3. The Hall–Kier alpha value is -1.79. The van der Waals surface area contributed by atoms with Crippen molar-refractivity contribution >= 4 is 32.2 Å². The van der Waals surface area contributed by atoms with Gasteiger partial charge in [-0.05, 0) is 42.3 Å². The topological polar surface area (TPSA) is 37.4 Å². The van der Waals surface area contributed by atoms with E-state index < -0.39 is 9.84 Å². The van der Waals surface area contributed by atoms with Crippen LogP contribution in [0.3, 0.4) is 0 Å². The molecular formula is C18H18FNO2S2. The van der Waals surface area contributed by atoms with Gasteiger partial charge in [-0.15, -0.1) is 0 Å². The number of hydrogen-bond donors (Lipinski definition) is 0. The maximum Gasteiger partial charge on any atom is 0.175 e. The Labute approximate surface area is 146 Å². The standard InChI is InChI=1S/C18H18FNO2S2/c1-12-20(2)17(13-6-10-16(11-7-13)24(3,21)22)18(23-12)14-4-8-15(19)9-5-14/h4-12H,1-3H3. The van der Waals surface area contributed by atoms with E-state index in [4.69, 9.17) is 0 Å². The molecule has 0 saturated carbocycles. The molecule has 0 fully saturated rings. The highest BCUT2D eigenvalue weighted by molar-refractivity contribution is 8.09. The Morgan fingerprint density at radius 2 is 1.54 bits per heavy atom. The highest BCUT2D eigenvalue weighted by Gasteiger charge is 2.28. The monoisotopic (exact) mass is 363 g/mol. The second kappa shape index (κ2) is 6.26. The molecule has 1 unspecified atom stereocenters. The van der Waals surface area contributed by atoms with E-state index >= 15 is 0 Å². The summed E-state index contributed by atoms with van der Waals surface area (Å²) in [6, 6.07) is 13.4. The zero-order valence-electron chi connectivity index (χ0n) is 13.7. The van der Waals surface area contributed by atoms with Gasteiger partial charge in [0.2, 0.25) is 0 Å². The summed E-state index contributed by atoms with van der Waals surface area (Å²) in [5, 5.41) is 0.245. The average molecular weight is 363 g/mol. The first kappa shape index (κ1) is 17.0. The van der Waals surface area contributed by atoms with Crippen LogP contribution in [0.5, 0.6) is 0 Å². The molecule has 1 atom stereocenters. The van der Waals surface area contributed by atoms with Gasteiger partial charge in [-0.1, -0.05) is 36.0 Å². The van der Waals surface area contributed by atoms with Crippen molar-refractivity contribution in [2.75, 3.05) is 13.3 Å². The molecule has 0 spiro atoms. The Morgan fingerprint density at radius 1 is 1.00 bits per heavy atom. The fourth-order valence-corrected chi connectivity index (χ4v) is 4.53. The number of halogens is 1. The molecule has 0 aromatic heterocycles. The van der Waals surface area contributed by atoms with Crippen LogP contribution in [0.25, 0.3) is 10.6 Å². The second-order valence-electron chi connectivity index (χ2n) is 5.81. The van der Waals surface area contributed by atoms with Gasteiger partial charge in [0, 0.05) is 18.2 Å². The molecule has 24 heavy (non-hydrogen) atoms. The van der Waals surface area contributed by atoms with Gasteiger partial charge in [0.05, 0.1) is 16.0 Å². The van der Waals surface area contributed by atoms with Crippen molar-refractivity contribution < 1.29 is 12.8 Å². The summed E-state index contributed by atoms with van der Waals surface area (Å²) in [5.41, 5.74) is 2.93. The van der Waals surface area contributed by atoms with E-state index in [1.807, 2.05) is 19.2 Å². The molecule has 3 rings (SSSR count). The Balaban J connectivity index is 2.10. The van der Waals surface area contributed by atoms with E-state index in [2.05, 4.69) is 11.8 Å². The van der Waals surface area contributed by atoms with Gasteiger partial charge in [0.25, 0.3) is 0 Å². The van der Waals surface area contributed by atoms with Crippen LogP contribution in [0.2, 0.25) is 0 Å². The third kappa shape index (κ3) is 3.21. The Kier molecular flexibility index (Phi) is 4.44. The summed E-state index contributed by atoms with van der Waals surface area (Å²) in [4.78, 5) is 3.52. The third-order valence-corrected chi connectivity index (χ3v) is 6.51. The van der Waals surface area contributed by atoms with Gasteiger partial charge in [0.15, 0.2) is 9.84 Å². The van der Waals surface area contributed by atoms with E-state index in [1.165, 1.54) is 18.4 Å². The average Bonchev–Trinajstić information content (AvgIpc) is 2.83. The summed E-state index contributed by atoms with van der Waals surface area (Å²) in [5.74, 6) is -0.261. The molecule has 1 aliphatic heterocycles. The minimum absolute atomic E-state index is 0.245. The molecule has 6 heteroatoms. The van der Waals surface area contributed by atoms with E-state index in [0.717, 1.165) is 21.7 Å². The minimum atomic E-state index is -3.21. The minimum Gasteiger partial charge on any atom is -0.361 e. The fourth-order valence-electron chi connectivity index (χ4n) is 2.65. The van der Waals surface area contributed by atoms with E-state index in [0.29, 0.717) is 4.90 Å². The third-order valence-electron chi connectivity index (χ3n) is 4.06. The second-order valence-corrected chi connectivity index (χ2v) is 9.15. The molecule has 0 amide bonds. The molecule has 0 saturated heterocycles. The SMILES string of the molecule is CC1SC(c2ccc(F)cc2)=C(c2ccc(S(C)(=O)=O)cc2)N1C. The molecule has 126 valence electrons. The number of sulfone groups is 1. The molecule has 0 aliphatic carbocycles. The van der Waals surface area contributed by atoms with Crippen LogP contribution < -0.4 is 0 Å². The maximum atomic E-state index is 13.2. The Bertz CT molecular complexity index is 888. The van der Waals surface area contributed by atoms with Crippen LogP contribution in [-0.4, -0.2) is 32.0 Å². The van der Waals surface area contributed by atoms with Crippen molar-refractivity contribution in [2.24, 2.45) is 0 Å². The molecule has 1 heterocycles. The van der Waals surface area contributed by atoms with Crippen LogP contribution in [0.15, 0.2) is 53.4 Å². The predicted octanol–water partition coefficient (Wildman–Crippen LogP) is 4.08. The van der Waals surface area contributed by atoms with E-state index in [9.17, 15) is 12.8 Å². The van der Waals surface area contributed by atoms with Crippen molar-refractivity contribution in [3.8, 4) is 0 Å². The van der Waals surface area contributed by atoms with Gasteiger partial charge >= 0.3 is 0 Å². The van der Waals surface area contributed by atoms with Crippen LogP contribution in [0, 0.1) is 5.82 Å². The van der Waals surface area contributed by atoms with Crippen LogP contribution in [-0.2, 0) is 9.84 Å². The van der Waals surface area contributed by atoms with Gasteiger partial charge in [-0.3, -0.25) is 0 Å². The molecule has 2 aromatic carbocycles. The van der Waals surface area contributed by atoms with Crippen molar-refractivity contribution in [3.63, 3.8) is 0 Å². The molecule has 0 radical (unpaired) electrons. The maximum absolute atomic E-state index is 13.2. The summed E-state index contributed by atoms with van der Waals surface area (Å²) >= 11 is 1.71. The van der Waals surface area contributed by atoms with Gasteiger partial charge < -0.3 is 4.90 Å². The highest BCUT2D eigenvalue weighted by Crippen LogP contribution is 2.47. The zero-order chi connectivity index (χ0) is 17.5. The van der Waals surface area contributed by atoms with E-state index in [1.54, 1.807) is 36.0 Å². The highest BCUT2D eigenvalue weighted by atomic mass is 32.2. The van der Waals surface area contributed by atoms with Crippen LogP contribution in [0.1, 0.15) is 18.1 Å². The van der Waals surface area contributed by atoms with Crippen molar-refractivity contribution in [1.82, 2.24) is 4.90 Å². The molecule has 3 nitrogen and oxygen atoms in total. The Morgan fingerprint density at radius 3 is 2.08 bits per heavy atom. The summed E-state index contributed by atoms with van der Waals surface area (Å²) in [6.07, 6.45) is 1.20. The lowest BCUT2D eigenvalue weighted by Gasteiger charge is -2.21. The first-order valence-corrected chi connectivity index (χ1v) is 10.2. The van der Waals surface area contributed by atoms with Gasteiger partial charge in [-0.2, -0.15) is 0 Å². The van der Waals surface area contributed by atoms with Crippen molar-refractivity contribution in [1.29, 1.82) is 0 Å². The van der Waals surface area contributed by atoms with Crippen LogP contribution >= 0.6 is 11.8 Å². The number of thioether (sulfide) groups is 1. The molecular weight excluding hydrogens is 345 g/mol. The first-order valence-electron chi connectivity index (χ1n) is 7.47. The molecule has 0 N–H and O–H groups in total. The number of rotatable bonds is 3. The predicted molar refractivity (Wildman–Crippen MR) is 97.6 cm³/mol.